The molecule has 0 aromatic carbocycles. The van der Waals surface area contributed by atoms with Crippen molar-refractivity contribution < 1.29 is 15.0 Å². The third-order valence-corrected chi connectivity index (χ3v) is 2.24. The summed E-state index contributed by atoms with van der Waals surface area (Å²) in [6, 6.07) is 0. The van der Waals surface area contributed by atoms with Crippen molar-refractivity contribution in [1.82, 2.24) is 0 Å². The van der Waals surface area contributed by atoms with Gasteiger partial charge in [-0.15, -0.1) is 0 Å². The lowest BCUT2D eigenvalue weighted by Gasteiger charge is -2.24. The van der Waals surface area contributed by atoms with Gasteiger partial charge in [0.25, 0.3) is 5.70 Å². The Hall–Kier alpha value is -1.92. The minimum atomic E-state index is -0.973. The summed E-state index contributed by atoms with van der Waals surface area (Å²) in [4.78, 5) is 19.6. The van der Waals surface area contributed by atoms with E-state index in [1.807, 2.05) is 0 Å². The highest BCUT2D eigenvalue weighted by molar-refractivity contribution is 5.27. The van der Waals surface area contributed by atoms with Crippen LogP contribution in [0.5, 0.6) is 0 Å². The molecule has 0 aromatic rings. The first-order valence-corrected chi connectivity index (χ1v) is 4.19. The monoisotopic (exact) mass is 214 g/mol. The maximum absolute atomic E-state index is 10.5. The van der Waals surface area contributed by atoms with Gasteiger partial charge in [-0.2, -0.15) is 0 Å². The smallest absolute Gasteiger partial charge is 0.313 e. The second-order valence-electron chi connectivity index (χ2n) is 3.94. The molecule has 0 spiro atoms. The molecule has 0 saturated carbocycles. The van der Waals surface area contributed by atoms with E-state index in [4.69, 9.17) is 0 Å². The average Bonchev–Trinajstić information content (AvgIpc) is 2.08. The Bertz CT molecular complexity index is 394. The van der Waals surface area contributed by atoms with E-state index in [9.17, 15) is 25.3 Å². The lowest BCUT2D eigenvalue weighted by atomic mass is 9.81. The molecule has 0 fully saturated rings. The maximum atomic E-state index is 10.5. The molecule has 0 radical (unpaired) electrons. The summed E-state index contributed by atoms with van der Waals surface area (Å²) in [5.41, 5.74) is -1.83. The molecule has 1 aliphatic rings. The fourth-order valence-corrected chi connectivity index (χ4v) is 1.42. The Morgan fingerprint density at radius 3 is 2.27 bits per heavy atom. The number of hydrogen-bond acceptors (Lipinski definition) is 5. The Morgan fingerprint density at radius 2 is 1.87 bits per heavy atom. The maximum Gasteiger partial charge on any atom is 0.313 e. The van der Waals surface area contributed by atoms with Crippen LogP contribution in [0.2, 0.25) is 0 Å². The topological polar surface area (TPSA) is 107 Å². The van der Waals surface area contributed by atoms with Crippen molar-refractivity contribution in [2.45, 2.75) is 20.3 Å². The molecule has 0 amide bonds. The van der Waals surface area contributed by atoms with Gasteiger partial charge in [-0.3, -0.25) is 20.2 Å². The van der Waals surface area contributed by atoms with Crippen molar-refractivity contribution in [2.24, 2.45) is 5.41 Å². The normalized spacial score (nSPS) is 19.7. The van der Waals surface area contributed by atoms with E-state index >= 15 is 0 Å². The van der Waals surface area contributed by atoms with Gasteiger partial charge in [0.1, 0.15) is 0 Å². The van der Waals surface area contributed by atoms with Crippen LogP contribution in [0.4, 0.5) is 0 Å². The van der Waals surface area contributed by atoms with Gasteiger partial charge in [-0.05, 0) is 0 Å². The predicted octanol–water partition coefficient (Wildman–Crippen LogP) is 1.62. The second-order valence-corrected chi connectivity index (χ2v) is 3.94. The molecule has 7 heteroatoms. The van der Waals surface area contributed by atoms with E-state index in [1.165, 1.54) is 13.8 Å². The fraction of sp³-hybridized carbons (Fsp3) is 0.500. The van der Waals surface area contributed by atoms with Crippen LogP contribution in [0.15, 0.2) is 23.2 Å². The Labute approximate surface area is 85.0 Å². The van der Waals surface area contributed by atoms with Crippen LogP contribution < -0.4 is 0 Å². The summed E-state index contributed by atoms with van der Waals surface area (Å²) in [5.74, 6) is -0.418. The van der Waals surface area contributed by atoms with Crippen LogP contribution in [0.3, 0.4) is 0 Å². The van der Waals surface area contributed by atoms with Crippen molar-refractivity contribution in [3.8, 4) is 0 Å². The first-order chi connectivity index (χ1) is 6.75. The van der Waals surface area contributed by atoms with Gasteiger partial charge in [0, 0.05) is 5.41 Å². The van der Waals surface area contributed by atoms with Crippen molar-refractivity contribution in [2.75, 3.05) is 0 Å². The third kappa shape index (κ3) is 1.95. The van der Waals surface area contributed by atoms with Gasteiger partial charge < -0.3 is 5.11 Å². The molecule has 82 valence electrons. The number of hydrogen-bond donors (Lipinski definition) is 1. The number of aliphatic hydroxyl groups is 1. The molecule has 1 aliphatic carbocycles. The SMILES string of the molecule is CC1(C)CC([N+](=O)[O-])=CC([N+](=O)[O-])=C1O. The number of rotatable bonds is 2. The van der Waals surface area contributed by atoms with Crippen LogP contribution >= 0.6 is 0 Å². The number of nitro groups is 2. The highest BCUT2D eigenvalue weighted by Crippen LogP contribution is 2.38. The highest BCUT2D eigenvalue weighted by Gasteiger charge is 2.40. The van der Waals surface area contributed by atoms with Crippen molar-refractivity contribution in [1.29, 1.82) is 0 Å². The summed E-state index contributed by atoms with van der Waals surface area (Å²) in [6.07, 6.45) is 0.782. The first kappa shape index (κ1) is 11.2. The van der Waals surface area contributed by atoms with Gasteiger partial charge in [-0.1, -0.05) is 13.8 Å². The lowest BCUT2D eigenvalue weighted by molar-refractivity contribution is -0.442. The Balaban J connectivity index is 3.30. The summed E-state index contributed by atoms with van der Waals surface area (Å²) >= 11 is 0. The highest BCUT2D eigenvalue weighted by atomic mass is 16.6. The van der Waals surface area contributed by atoms with Crippen molar-refractivity contribution in [3.63, 3.8) is 0 Å². The standard InChI is InChI=1S/C8H10N2O5/c1-8(2)4-5(9(12)13)3-6(7(8)11)10(14)15/h3,11H,4H2,1-2H3. The summed E-state index contributed by atoms with van der Waals surface area (Å²) in [7, 11) is 0. The van der Waals surface area contributed by atoms with Crippen molar-refractivity contribution >= 4 is 0 Å². The quantitative estimate of drug-likeness (QED) is 0.555. The van der Waals surface area contributed by atoms with Gasteiger partial charge in [0.2, 0.25) is 0 Å². The third-order valence-electron chi connectivity index (χ3n) is 2.24. The van der Waals surface area contributed by atoms with Crippen LogP contribution in [0.25, 0.3) is 0 Å². The van der Waals surface area contributed by atoms with Gasteiger partial charge in [-0.25, -0.2) is 0 Å². The summed E-state index contributed by atoms with van der Waals surface area (Å²) in [6.45, 7) is 3.03. The van der Waals surface area contributed by atoms with E-state index in [0.29, 0.717) is 0 Å². The summed E-state index contributed by atoms with van der Waals surface area (Å²) < 4.78 is 0. The molecule has 0 aliphatic heterocycles. The molecule has 0 saturated heterocycles. The fourth-order valence-electron chi connectivity index (χ4n) is 1.42. The zero-order chi connectivity index (χ0) is 11.8. The van der Waals surface area contributed by atoms with E-state index in [1.54, 1.807) is 0 Å². The van der Waals surface area contributed by atoms with Crippen LogP contribution in [0.1, 0.15) is 20.3 Å². The second kappa shape index (κ2) is 3.34. The number of allylic oxidation sites excluding steroid dienone is 3. The molecule has 15 heavy (non-hydrogen) atoms. The molecule has 0 aromatic heterocycles. The molecule has 0 atom stereocenters. The molecular weight excluding hydrogens is 204 g/mol. The van der Waals surface area contributed by atoms with E-state index in [-0.39, 0.29) is 12.1 Å². The Kier molecular flexibility index (Phi) is 2.48. The Morgan fingerprint density at radius 1 is 1.33 bits per heavy atom. The van der Waals surface area contributed by atoms with Gasteiger partial charge >= 0.3 is 5.70 Å². The summed E-state index contributed by atoms with van der Waals surface area (Å²) in [5, 5.41) is 30.6. The van der Waals surface area contributed by atoms with Crippen molar-refractivity contribution in [3.05, 3.63) is 43.5 Å². The minimum Gasteiger partial charge on any atom is -0.505 e. The first-order valence-electron chi connectivity index (χ1n) is 4.19. The lowest BCUT2D eigenvalue weighted by Crippen LogP contribution is -2.25. The van der Waals surface area contributed by atoms with Crippen LogP contribution in [0, 0.1) is 25.6 Å². The number of aliphatic hydroxyl groups excluding tert-OH is 1. The van der Waals surface area contributed by atoms with E-state index in [2.05, 4.69) is 0 Å². The van der Waals surface area contributed by atoms with E-state index < -0.39 is 26.7 Å². The number of nitrogens with zero attached hydrogens (tertiary/aromatic N) is 2. The largest absolute Gasteiger partial charge is 0.505 e. The van der Waals surface area contributed by atoms with Gasteiger partial charge in [0.05, 0.1) is 22.3 Å². The molecule has 0 bridgehead atoms. The molecule has 0 unspecified atom stereocenters. The zero-order valence-corrected chi connectivity index (χ0v) is 8.26. The molecule has 1 rings (SSSR count). The molecule has 1 N–H and O–H groups in total. The van der Waals surface area contributed by atoms with Crippen LogP contribution in [-0.4, -0.2) is 15.0 Å². The van der Waals surface area contributed by atoms with Crippen LogP contribution in [-0.2, 0) is 0 Å². The molecule has 7 nitrogen and oxygen atoms in total. The van der Waals surface area contributed by atoms with E-state index in [0.717, 1.165) is 6.08 Å². The average molecular weight is 214 g/mol. The minimum absolute atomic E-state index is 0.0246. The zero-order valence-electron chi connectivity index (χ0n) is 8.26. The van der Waals surface area contributed by atoms with Gasteiger partial charge in [0.15, 0.2) is 5.76 Å². The predicted molar refractivity (Wildman–Crippen MR) is 50.1 cm³/mol. The molecule has 0 heterocycles. The molecular formula is C8H10N2O5.